The van der Waals surface area contributed by atoms with Gasteiger partial charge in [-0.1, -0.05) is 0 Å². The average molecular weight is 144 g/mol. The molecule has 0 unspecified atom stereocenters. The van der Waals surface area contributed by atoms with Crippen molar-refractivity contribution in [2.24, 2.45) is 0 Å². The van der Waals surface area contributed by atoms with Crippen LogP contribution in [0.3, 0.4) is 0 Å². The van der Waals surface area contributed by atoms with Gasteiger partial charge < -0.3 is 9.47 Å². The van der Waals surface area contributed by atoms with Gasteiger partial charge in [0.1, 0.15) is 0 Å². The Morgan fingerprint density at radius 3 is 2.40 bits per heavy atom. The van der Waals surface area contributed by atoms with E-state index in [0.717, 1.165) is 0 Å². The van der Waals surface area contributed by atoms with Gasteiger partial charge in [0.2, 0.25) is 0 Å². The van der Waals surface area contributed by atoms with Crippen LogP contribution in [-0.2, 0) is 14.3 Å². The molecule has 0 N–H and O–H groups in total. The minimum Gasteiger partial charge on any atom is -0.461 e. The fourth-order valence-electron chi connectivity index (χ4n) is 0.732. The third kappa shape index (κ3) is 1.70. The summed E-state index contributed by atoms with van der Waals surface area (Å²) in [5.74, 6) is -0.234. The second-order valence-corrected chi connectivity index (χ2v) is 2.75. The summed E-state index contributed by atoms with van der Waals surface area (Å²) in [6.45, 7) is 5.50. The molecule has 0 aliphatic carbocycles. The van der Waals surface area contributed by atoms with Crippen molar-refractivity contribution in [3.05, 3.63) is 0 Å². The van der Waals surface area contributed by atoms with Gasteiger partial charge in [0.15, 0.2) is 6.10 Å². The standard InChI is InChI=1S/C7H12O3/c1-4(2)9-7(8)6-5(3)10-6/h4-6H,1-3H3/t5-,6+/m0/s1. The van der Waals surface area contributed by atoms with Crippen LogP contribution in [0.2, 0.25) is 0 Å². The highest BCUT2D eigenvalue weighted by atomic mass is 16.6. The van der Waals surface area contributed by atoms with Crippen molar-refractivity contribution < 1.29 is 14.3 Å². The van der Waals surface area contributed by atoms with Crippen LogP contribution in [0.5, 0.6) is 0 Å². The predicted molar refractivity (Wildman–Crippen MR) is 35.6 cm³/mol. The molecule has 0 saturated carbocycles. The van der Waals surface area contributed by atoms with Crippen LogP contribution in [0.25, 0.3) is 0 Å². The highest BCUT2D eigenvalue weighted by Gasteiger charge is 2.42. The first-order valence-corrected chi connectivity index (χ1v) is 3.47. The van der Waals surface area contributed by atoms with Gasteiger partial charge in [-0.15, -0.1) is 0 Å². The fraction of sp³-hybridized carbons (Fsp3) is 0.857. The van der Waals surface area contributed by atoms with E-state index in [1.807, 2.05) is 20.8 Å². The molecule has 0 aromatic rings. The van der Waals surface area contributed by atoms with Crippen molar-refractivity contribution >= 4 is 5.97 Å². The average Bonchev–Trinajstić information content (AvgIpc) is 2.44. The largest absolute Gasteiger partial charge is 0.461 e. The van der Waals surface area contributed by atoms with Gasteiger partial charge in [-0.05, 0) is 20.8 Å². The monoisotopic (exact) mass is 144 g/mol. The van der Waals surface area contributed by atoms with E-state index in [1.54, 1.807) is 0 Å². The van der Waals surface area contributed by atoms with Crippen LogP contribution in [0.1, 0.15) is 20.8 Å². The Morgan fingerprint density at radius 1 is 1.60 bits per heavy atom. The lowest BCUT2D eigenvalue weighted by Gasteiger charge is -2.04. The molecule has 3 heteroatoms. The number of hydrogen-bond acceptors (Lipinski definition) is 3. The molecular formula is C7H12O3. The van der Waals surface area contributed by atoms with Crippen molar-refractivity contribution in [1.29, 1.82) is 0 Å². The third-order valence-corrected chi connectivity index (χ3v) is 1.30. The zero-order valence-corrected chi connectivity index (χ0v) is 6.46. The molecule has 1 aliphatic rings. The Hall–Kier alpha value is -0.570. The van der Waals surface area contributed by atoms with Crippen LogP contribution >= 0.6 is 0 Å². The van der Waals surface area contributed by atoms with Crippen molar-refractivity contribution in [3.63, 3.8) is 0 Å². The lowest BCUT2D eigenvalue weighted by atomic mass is 10.3. The first-order valence-electron chi connectivity index (χ1n) is 3.47. The van der Waals surface area contributed by atoms with Crippen LogP contribution in [-0.4, -0.2) is 24.3 Å². The summed E-state index contributed by atoms with van der Waals surface area (Å²) >= 11 is 0. The summed E-state index contributed by atoms with van der Waals surface area (Å²) in [5.41, 5.74) is 0. The Balaban J connectivity index is 2.23. The third-order valence-electron chi connectivity index (χ3n) is 1.30. The van der Waals surface area contributed by atoms with E-state index >= 15 is 0 Å². The summed E-state index contributed by atoms with van der Waals surface area (Å²) in [7, 11) is 0. The number of esters is 1. The zero-order valence-electron chi connectivity index (χ0n) is 6.46. The van der Waals surface area contributed by atoms with E-state index in [1.165, 1.54) is 0 Å². The van der Waals surface area contributed by atoms with Gasteiger partial charge in [-0.3, -0.25) is 0 Å². The molecule has 0 spiro atoms. The SMILES string of the molecule is CC(C)OC(=O)[C@@H]1O[C@H]1C. The Morgan fingerprint density at radius 2 is 2.10 bits per heavy atom. The van der Waals surface area contributed by atoms with Crippen molar-refractivity contribution in [2.75, 3.05) is 0 Å². The quantitative estimate of drug-likeness (QED) is 0.423. The molecular weight excluding hydrogens is 132 g/mol. The molecule has 1 rings (SSSR count). The van der Waals surface area contributed by atoms with Crippen molar-refractivity contribution in [1.82, 2.24) is 0 Å². The number of carbonyl (C=O) groups is 1. The summed E-state index contributed by atoms with van der Waals surface area (Å²) in [4.78, 5) is 10.9. The Labute approximate surface area is 60.3 Å². The first kappa shape index (κ1) is 7.54. The lowest BCUT2D eigenvalue weighted by Crippen LogP contribution is -2.17. The highest BCUT2D eigenvalue weighted by Crippen LogP contribution is 2.22. The van der Waals surface area contributed by atoms with Crippen LogP contribution in [0.4, 0.5) is 0 Å². The van der Waals surface area contributed by atoms with E-state index in [4.69, 9.17) is 9.47 Å². The van der Waals surface area contributed by atoms with E-state index in [0.29, 0.717) is 0 Å². The minimum absolute atomic E-state index is 0.0381. The van der Waals surface area contributed by atoms with Gasteiger partial charge in [-0.2, -0.15) is 0 Å². The molecule has 3 nitrogen and oxygen atoms in total. The number of ether oxygens (including phenoxy) is 2. The minimum atomic E-state index is -0.289. The van der Waals surface area contributed by atoms with E-state index in [2.05, 4.69) is 0 Å². The van der Waals surface area contributed by atoms with Gasteiger partial charge in [0.25, 0.3) is 0 Å². The second kappa shape index (κ2) is 2.58. The molecule has 0 aromatic heterocycles. The molecule has 0 amide bonds. The van der Waals surface area contributed by atoms with Gasteiger partial charge in [0, 0.05) is 0 Å². The lowest BCUT2D eigenvalue weighted by molar-refractivity contribution is -0.148. The van der Waals surface area contributed by atoms with Gasteiger partial charge in [-0.25, -0.2) is 4.79 Å². The molecule has 1 fully saturated rings. The molecule has 1 saturated heterocycles. The summed E-state index contributed by atoms with van der Waals surface area (Å²) in [6.07, 6.45) is -0.266. The maximum atomic E-state index is 10.9. The van der Waals surface area contributed by atoms with Gasteiger partial charge >= 0.3 is 5.97 Å². The van der Waals surface area contributed by atoms with E-state index in [9.17, 15) is 4.79 Å². The highest BCUT2D eigenvalue weighted by molar-refractivity contribution is 5.77. The number of epoxide rings is 1. The summed E-state index contributed by atoms with van der Waals surface area (Å²) < 4.78 is 9.79. The van der Waals surface area contributed by atoms with Crippen LogP contribution < -0.4 is 0 Å². The van der Waals surface area contributed by atoms with Crippen LogP contribution in [0, 0.1) is 0 Å². The predicted octanol–water partition coefficient (Wildman–Crippen LogP) is 0.725. The number of rotatable bonds is 2. The molecule has 58 valence electrons. The van der Waals surface area contributed by atoms with Crippen LogP contribution in [0.15, 0.2) is 0 Å². The van der Waals surface area contributed by atoms with Gasteiger partial charge in [0.05, 0.1) is 12.2 Å². The topological polar surface area (TPSA) is 38.8 Å². The maximum absolute atomic E-state index is 10.9. The zero-order chi connectivity index (χ0) is 7.72. The Bertz CT molecular complexity index is 142. The maximum Gasteiger partial charge on any atom is 0.338 e. The molecule has 1 aliphatic heterocycles. The first-order chi connectivity index (χ1) is 4.61. The smallest absolute Gasteiger partial charge is 0.338 e. The Kier molecular flexibility index (Phi) is 1.94. The number of hydrogen-bond donors (Lipinski definition) is 0. The molecule has 1 heterocycles. The molecule has 0 bridgehead atoms. The normalized spacial score (nSPS) is 30.4. The molecule has 2 atom stereocenters. The van der Waals surface area contributed by atoms with E-state index in [-0.39, 0.29) is 24.3 Å². The number of carbonyl (C=O) groups excluding carboxylic acids is 1. The molecule has 0 radical (unpaired) electrons. The molecule has 0 aromatic carbocycles. The second-order valence-electron chi connectivity index (χ2n) is 2.75. The van der Waals surface area contributed by atoms with Crippen molar-refractivity contribution in [3.8, 4) is 0 Å². The molecule has 10 heavy (non-hydrogen) atoms. The summed E-state index contributed by atoms with van der Waals surface area (Å²) in [6, 6.07) is 0. The summed E-state index contributed by atoms with van der Waals surface area (Å²) in [5, 5.41) is 0. The van der Waals surface area contributed by atoms with Crippen molar-refractivity contribution in [2.45, 2.75) is 39.1 Å². The fourth-order valence-corrected chi connectivity index (χ4v) is 0.732. The van der Waals surface area contributed by atoms with E-state index < -0.39 is 0 Å².